The number of nitrogens with zero attached hydrogens (tertiary/aromatic N) is 2. The van der Waals surface area contributed by atoms with Gasteiger partial charge in [0.25, 0.3) is 0 Å². The Hall–Kier alpha value is -1.91. The fourth-order valence-corrected chi connectivity index (χ4v) is 1.17. The molecule has 5 nitrogen and oxygen atoms in total. The maximum atomic E-state index is 11.6. The van der Waals surface area contributed by atoms with Crippen molar-refractivity contribution in [2.24, 2.45) is 0 Å². The van der Waals surface area contributed by atoms with Crippen LogP contribution in [0.25, 0.3) is 5.57 Å². The monoisotopic (exact) mass is 235 g/mol. The first-order valence-electron chi connectivity index (χ1n) is 5.25. The van der Waals surface area contributed by atoms with E-state index < -0.39 is 11.7 Å². The van der Waals surface area contributed by atoms with Gasteiger partial charge in [-0.25, -0.2) is 14.8 Å². The van der Waals surface area contributed by atoms with E-state index in [9.17, 15) is 4.79 Å². The summed E-state index contributed by atoms with van der Waals surface area (Å²) >= 11 is 0. The van der Waals surface area contributed by atoms with Gasteiger partial charge in [-0.3, -0.25) is 5.32 Å². The average molecular weight is 235 g/mol. The predicted octanol–water partition coefficient (Wildman–Crippen LogP) is 2.86. The zero-order valence-corrected chi connectivity index (χ0v) is 10.6. The molecule has 17 heavy (non-hydrogen) atoms. The second kappa shape index (κ2) is 4.95. The SMILES string of the molecule is C=C(C)c1ncncc1NC(=O)OC(C)(C)C. The van der Waals surface area contributed by atoms with Crippen LogP contribution in [-0.2, 0) is 4.74 Å². The van der Waals surface area contributed by atoms with Crippen molar-refractivity contribution in [3.05, 3.63) is 24.8 Å². The molecule has 92 valence electrons. The fraction of sp³-hybridized carbons (Fsp3) is 0.417. The Morgan fingerprint density at radius 2 is 2.12 bits per heavy atom. The summed E-state index contributed by atoms with van der Waals surface area (Å²) in [6.07, 6.45) is 2.39. The molecule has 0 saturated carbocycles. The Balaban J connectivity index is 2.82. The lowest BCUT2D eigenvalue weighted by Gasteiger charge is -2.20. The first kappa shape index (κ1) is 13.2. The molecule has 0 aliphatic rings. The lowest BCUT2D eigenvalue weighted by molar-refractivity contribution is 0.0636. The topological polar surface area (TPSA) is 64.1 Å². The third-order valence-electron chi connectivity index (χ3n) is 1.75. The molecular weight excluding hydrogens is 218 g/mol. The van der Waals surface area contributed by atoms with Crippen molar-refractivity contribution < 1.29 is 9.53 Å². The number of amides is 1. The second-order valence-electron chi connectivity index (χ2n) is 4.69. The third-order valence-corrected chi connectivity index (χ3v) is 1.75. The van der Waals surface area contributed by atoms with Gasteiger partial charge in [-0.1, -0.05) is 6.58 Å². The molecule has 0 saturated heterocycles. The molecule has 1 amide bonds. The predicted molar refractivity (Wildman–Crippen MR) is 66.6 cm³/mol. The van der Waals surface area contributed by atoms with Gasteiger partial charge in [-0.15, -0.1) is 0 Å². The van der Waals surface area contributed by atoms with E-state index in [0.29, 0.717) is 11.4 Å². The minimum atomic E-state index is -0.539. The Kier molecular flexibility index (Phi) is 3.83. The molecular formula is C12H17N3O2. The van der Waals surface area contributed by atoms with Crippen LogP contribution in [0.2, 0.25) is 0 Å². The molecule has 1 heterocycles. The largest absolute Gasteiger partial charge is 0.444 e. The number of hydrogen-bond acceptors (Lipinski definition) is 4. The summed E-state index contributed by atoms with van der Waals surface area (Å²) in [4.78, 5) is 19.5. The van der Waals surface area contributed by atoms with Gasteiger partial charge in [0.1, 0.15) is 11.9 Å². The quantitative estimate of drug-likeness (QED) is 0.856. The van der Waals surface area contributed by atoms with Gasteiger partial charge in [0.2, 0.25) is 0 Å². The van der Waals surface area contributed by atoms with E-state index in [1.807, 2.05) is 6.92 Å². The lowest BCUT2D eigenvalue weighted by atomic mass is 10.2. The molecule has 0 aliphatic carbocycles. The highest BCUT2D eigenvalue weighted by Crippen LogP contribution is 2.19. The molecule has 0 bridgehead atoms. The molecule has 0 atom stereocenters. The summed E-state index contributed by atoms with van der Waals surface area (Å²) in [6, 6.07) is 0. The van der Waals surface area contributed by atoms with Gasteiger partial charge < -0.3 is 4.74 Å². The number of carbonyl (C=O) groups is 1. The average Bonchev–Trinajstić information content (AvgIpc) is 2.14. The number of allylic oxidation sites excluding steroid dienone is 1. The molecule has 1 aromatic rings. The van der Waals surface area contributed by atoms with E-state index in [1.165, 1.54) is 12.5 Å². The summed E-state index contributed by atoms with van der Waals surface area (Å²) in [5, 5.41) is 2.60. The minimum Gasteiger partial charge on any atom is -0.444 e. The molecule has 0 aromatic carbocycles. The summed E-state index contributed by atoms with van der Waals surface area (Å²) in [5.74, 6) is 0. The maximum Gasteiger partial charge on any atom is 0.412 e. The van der Waals surface area contributed by atoms with E-state index >= 15 is 0 Å². The van der Waals surface area contributed by atoms with Crippen LogP contribution in [0.4, 0.5) is 10.5 Å². The van der Waals surface area contributed by atoms with Crippen molar-refractivity contribution in [3.8, 4) is 0 Å². The van der Waals surface area contributed by atoms with Gasteiger partial charge in [0, 0.05) is 0 Å². The Labute approximate surface area is 101 Å². The summed E-state index contributed by atoms with van der Waals surface area (Å²) in [7, 11) is 0. The summed E-state index contributed by atoms with van der Waals surface area (Å²) in [5.41, 5.74) is 1.31. The molecule has 0 fully saturated rings. The number of carbonyl (C=O) groups excluding carboxylic acids is 1. The van der Waals surface area contributed by atoms with Crippen LogP contribution < -0.4 is 5.32 Å². The van der Waals surface area contributed by atoms with E-state index in [0.717, 1.165) is 5.57 Å². The molecule has 0 radical (unpaired) electrons. The van der Waals surface area contributed by atoms with Crippen LogP contribution in [0.1, 0.15) is 33.4 Å². The van der Waals surface area contributed by atoms with Crippen molar-refractivity contribution in [3.63, 3.8) is 0 Å². The summed E-state index contributed by atoms with van der Waals surface area (Å²) < 4.78 is 5.14. The molecule has 0 spiro atoms. The fourth-order valence-electron chi connectivity index (χ4n) is 1.17. The number of ether oxygens (including phenoxy) is 1. The van der Waals surface area contributed by atoms with Crippen LogP contribution >= 0.6 is 0 Å². The normalized spacial score (nSPS) is 10.8. The van der Waals surface area contributed by atoms with E-state index in [-0.39, 0.29) is 0 Å². The van der Waals surface area contributed by atoms with Crippen LogP contribution in [0.15, 0.2) is 19.1 Å². The number of anilines is 1. The van der Waals surface area contributed by atoms with Crippen molar-refractivity contribution in [2.45, 2.75) is 33.3 Å². The molecule has 1 aromatic heterocycles. The van der Waals surface area contributed by atoms with E-state index in [2.05, 4.69) is 21.9 Å². The number of hydrogen-bond donors (Lipinski definition) is 1. The summed E-state index contributed by atoms with van der Waals surface area (Å²) in [6.45, 7) is 11.0. The van der Waals surface area contributed by atoms with Crippen molar-refractivity contribution in [2.75, 3.05) is 5.32 Å². The molecule has 1 rings (SSSR count). The first-order valence-corrected chi connectivity index (χ1v) is 5.25. The highest BCUT2D eigenvalue weighted by atomic mass is 16.6. The number of aromatic nitrogens is 2. The van der Waals surface area contributed by atoms with Crippen LogP contribution in [0.3, 0.4) is 0 Å². The lowest BCUT2D eigenvalue weighted by Crippen LogP contribution is -2.27. The Morgan fingerprint density at radius 3 is 2.65 bits per heavy atom. The van der Waals surface area contributed by atoms with Crippen molar-refractivity contribution >= 4 is 17.4 Å². The van der Waals surface area contributed by atoms with Crippen molar-refractivity contribution in [1.29, 1.82) is 0 Å². The van der Waals surface area contributed by atoms with Crippen molar-refractivity contribution in [1.82, 2.24) is 9.97 Å². The number of rotatable bonds is 2. The highest BCUT2D eigenvalue weighted by molar-refractivity contribution is 5.88. The Morgan fingerprint density at radius 1 is 1.47 bits per heavy atom. The van der Waals surface area contributed by atoms with Gasteiger partial charge in [-0.05, 0) is 33.3 Å². The van der Waals surface area contributed by atoms with E-state index in [1.54, 1.807) is 20.8 Å². The number of nitrogens with one attached hydrogen (secondary N) is 1. The van der Waals surface area contributed by atoms with Gasteiger partial charge in [0.15, 0.2) is 0 Å². The zero-order chi connectivity index (χ0) is 13.1. The molecule has 0 aliphatic heterocycles. The molecule has 5 heteroatoms. The van der Waals surface area contributed by atoms with Crippen LogP contribution in [0, 0.1) is 0 Å². The third kappa shape index (κ3) is 4.22. The van der Waals surface area contributed by atoms with Crippen LogP contribution in [-0.4, -0.2) is 21.7 Å². The highest BCUT2D eigenvalue weighted by Gasteiger charge is 2.17. The standard InChI is InChI=1S/C12H17N3O2/c1-8(2)10-9(6-13-7-14-10)15-11(16)17-12(3,4)5/h6-7H,1H2,2-5H3,(H,15,16). The van der Waals surface area contributed by atoms with Gasteiger partial charge >= 0.3 is 6.09 Å². The van der Waals surface area contributed by atoms with Gasteiger partial charge in [-0.2, -0.15) is 0 Å². The molecule has 0 unspecified atom stereocenters. The maximum absolute atomic E-state index is 11.6. The van der Waals surface area contributed by atoms with E-state index in [4.69, 9.17) is 4.74 Å². The smallest absolute Gasteiger partial charge is 0.412 e. The first-order chi connectivity index (χ1) is 7.79. The second-order valence-corrected chi connectivity index (χ2v) is 4.69. The minimum absolute atomic E-state index is 0.495. The zero-order valence-electron chi connectivity index (χ0n) is 10.6. The Bertz CT molecular complexity index is 436. The van der Waals surface area contributed by atoms with Crippen LogP contribution in [0.5, 0.6) is 0 Å². The molecule has 1 N–H and O–H groups in total. The van der Waals surface area contributed by atoms with Gasteiger partial charge in [0.05, 0.1) is 17.6 Å².